The Morgan fingerprint density at radius 3 is 2.72 bits per heavy atom. The molecule has 11 heteroatoms. The number of nitrogens with one attached hydrogen (secondary N) is 3. The molecule has 2 atom stereocenters. The summed E-state index contributed by atoms with van der Waals surface area (Å²) >= 11 is 0. The molecule has 0 aromatic carbocycles. The summed E-state index contributed by atoms with van der Waals surface area (Å²) in [6, 6.07) is -0.607. The number of rotatable bonds is 8. The monoisotopic (exact) mass is 463 g/mol. The van der Waals surface area contributed by atoms with E-state index in [4.69, 9.17) is 0 Å². The molecule has 1 aromatic rings. The largest absolute Gasteiger partial charge is 0.348 e. The first-order valence-corrected chi connectivity index (χ1v) is 11.7. The second-order valence-electron chi connectivity index (χ2n) is 7.67. The Bertz CT molecular complexity index is 1040. The molecule has 3 N–H and O–H groups in total. The number of hydrogen-bond acceptors (Lipinski definition) is 6. The van der Waals surface area contributed by atoms with Gasteiger partial charge in [-0.1, -0.05) is 38.7 Å². The zero-order chi connectivity index (χ0) is 23.9. The Hall–Kier alpha value is -3.05. The van der Waals surface area contributed by atoms with Crippen LogP contribution in [0.4, 0.5) is 0 Å². The Labute approximate surface area is 187 Å². The van der Waals surface area contributed by atoms with Gasteiger partial charge in [-0.3, -0.25) is 19.1 Å². The number of allylic oxidation sites excluding steroid dienone is 5. The van der Waals surface area contributed by atoms with Gasteiger partial charge in [-0.05, 0) is 25.0 Å². The summed E-state index contributed by atoms with van der Waals surface area (Å²) in [5.74, 6) is -2.74. The van der Waals surface area contributed by atoms with E-state index in [-0.39, 0.29) is 17.9 Å². The van der Waals surface area contributed by atoms with Crippen LogP contribution in [0.2, 0.25) is 0 Å². The number of hydrogen-bond donors (Lipinski definition) is 3. The fraction of sp³-hybridized carbons (Fsp3) is 0.429. The molecule has 2 unspecified atom stereocenters. The molecule has 0 aliphatic carbocycles. The lowest BCUT2D eigenvalue weighted by molar-refractivity contribution is -0.140. The third kappa shape index (κ3) is 6.47. The molecule has 0 saturated heterocycles. The van der Waals surface area contributed by atoms with E-state index in [0.717, 1.165) is 0 Å². The molecule has 1 aromatic heterocycles. The number of ketones is 1. The predicted octanol–water partition coefficient (Wildman–Crippen LogP) is 0.199. The van der Waals surface area contributed by atoms with E-state index in [0.29, 0.717) is 12.2 Å². The number of amides is 2. The maximum Gasteiger partial charge on any atom is 0.289 e. The van der Waals surface area contributed by atoms with Gasteiger partial charge in [0.1, 0.15) is 12.1 Å². The maximum absolute atomic E-state index is 13.0. The molecule has 2 amide bonds. The Morgan fingerprint density at radius 2 is 2.06 bits per heavy atom. The summed E-state index contributed by atoms with van der Waals surface area (Å²) in [6.07, 6.45) is 7.61. The first kappa shape index (κ1) is 25.2. The molecular formula is C21H29N5O5S. The van der Waals surface area contributed by atoms with Crippen molar-refractivity contribution in [3.05, 3.63) is 53.7 Å². The van der Waals surface area contributed by atoms with Crippen LogP contribution in [-0.4, -0.2) is 54.4 Å². The van der Waals surface area contributed by atoms with Crippen LogP contribution in [0.3, 0.4) is 0 Å². The van der Waals surface area contributed by atoms with Crippen molar-refractivity contribution in [1.29, 1.82) is 0 Å². The number of fused-ring (bicyclic) bond motifs is 1. The minimum absolute atomic E-state index is 0.0100. The lowest BCUT2D eigenvalue weighted by Crippen LogP contribution is -2.55. The van der Waals surface area contributed by atoms with E-state index in [2.05, 4.69) is 27.0 Å². The van der Waals surface area contributed by atoms with Crippen molar-refractivity contribution in [1.82, 2.24) is 25.1 Å². The molecular weight excluding hydrogens is 434 g/mol. The fourth-order valence-corrected chi connectivity index (χ4v) is 4.20. The highest BCUT2D eigenvalue weighted by Crippen LogP contribution is 2.12. The van der Waals surface area contributed by atoms with E-state index in [1.807, 2.05) is 0 Å². The van der Waals surface area contributed by atoms with Crippen molar-refractivity contribution >= 4 is 27.6 Å². The van der Waals surface area contributed by atoms with Crippen molar-refractivity contribution in [3.63, 3.8) is 0 Å². The van der Waals surface area contributed by atoms with Gasteiger partial charge in [0.2, 0.25) is 21.7 Å². The van der Waals surface area contributed by atoms with E-state index >= 15 is 0 Å². The van der Waals surface area contributed by atoms with E-state index < -0.39 is 45.6 Å². The molecule has 0 bridgehead atoms. The third-order valence-electron chi connectivity index (χ3n) is 4.92. The molecule has 0 fully saturated rings. The van der Waals surface area contributed by atoms with E-state index in [1.54, 1.807) is 36.9 Å². The van der Waals surface area contributed by atoms with Gasteiger partial charge in [-0.25, -0.2) is 8.42 Å². The maximum atomic E-state index is 13.0. The molecule has 1 aliphatic rings. The number of nitrogens with zero attached hydrogens (tertiary/aromatic N) is 2. The summed E-state index contributed by atoms with van der Waals surface area (Å²) < 4.78 is 29.4. The van der Waals surface area contributed by atoms with E-state index in [1.165, 1.54) is 25.2 Å². The highest BCUT2D eigenvalue weighted by molar-refractivity contribution is 7.93. The van der Waals surface area contributed by atoms with Gasteiger partial charge < -0.3 is 10.6 Å². The Balaban J connectivity index is 2.24. The lowest BCUT2D eigenvalue weighted by Gasteiger charge is -2.24. The first-order chi connectivity index (χ1) is 15.1. The van der Waals surface area contributed by atoms with Crippen molar-refractivity contribution < 1.29 is 22.8 Å². The first-order valence-electron chi connectivity index (χ1n) is 10.2. The van der Waals surface area contributed by atoms with Crippen LogP contribution >= 0.6 is 0 Å². The molecule has 0 saturated carbocycles. The van der Waals surface area contributed by atoms with Crippen LogP contribution < -0.4 is 15.4 Å². The highest BCUT2D eigenvalue weighted by Gasteiger charge is 2.34. The van der Waals surface area contributed by atoms with Crippen LogP contribution in [0.15, 0.2) is 48.1 Å². The summed E-state index contributed by atoms with van der Waals surface area (Å²) in [5.41, 5.74) is 0.676. The zero-order valence-corrected chi connectivity index (χ0v) is 19.2. The minimum atomic E-state index is -3.97. The van der Waals surface area contributed by atoms with Crippen LogP contribution in [0.25, 0.3) is 0 Å². The van der Waals surface area contributed by atoms with Crippen LogP contribution in [0.5, 0.6) is 0 Å². The highest BCUT2D eigenvalue weighted by atomic mass is 32.2. The molecule has 10 nitrogen and oxygen atoms in total. The van der Waals surface area contributed by atoms with Gasteiger partial charge >= 0.3 is 0 Å². The van der Waals surface area contributed by atoms with Gasteiger partial charge in [0, 0.05) is 24.9 Å². The molecule has 1 aliphatic heterocycles. The molecule has 32 heavy (non-hydrogen) atoms. The van der Waals surface area contributed by atoms with Gasteiger partial charge in [0.05, 0.1) is 11.4 Å². The smallest absolute Gasteiger partial charge is 0.289 e. The predicted molar refractivity (Wildman–Crippen MR) is 120 cm³/mol. The topological polar surface area (TPSA) is 139 Å². The summed E-state index contributed by atoms with van der Waals surface area (Å²) in [5, 5.41) is 9.22. The second kappa shape index (κ2) is 11.0. The quantitative estimate of drug-likeness (QED) is 0.372. The molecule has 2 heterocycles. The minimum Gasteiger partial charge on any atom is -0.348 e. The average Bonchev–Trinajstić information content (AvgIpc) is 3.18. The number of carbonyl (C=O) groups excluding carboxylic acids is 3. The average molecular weight is 464 g/mol. The SMILES string of the molecule is C=C/C=C\C=C(/C)S(=O)(=O)NC(C(=O)NC1Cc2ccnn2CCNC(=O)C1=O)C(C)C. The van der Waals surface area contributed by atoms with E-state index in [9.17, 15) is 22.8 Å². The molecule has 2 rings (SSSR count). The number of sulfonamides is 1. The van der Waals surface area contributed by atoms with Crippen LogP contribution in [-0.2, 0) is 37.4 Å². The third-order valence-corrected chi connectivity index (χ3v) is 6.47. The van der Waals surface area contributed by atoms with Crippen LogP contribution in [0, 0.1) is 5.92 Å². The van der Waals surface area contributed by atoms with Crippen molar-refractivity contribution in [2.24, 2.45) is 5.92 Å². The molecule has 0 radical (unpaired) electrons. The van der Waals surface area contributed by atoms with Gasteiger partial charge in [0.15, 0.2) is 0 Å². The summed E-state index contributed by atoms with van der Waals surface area (Å²) in [6.45, 7) is 8.88. The Kier molecular flexibility index (Phi) is 8.67. The van der Waals surface area contributed by atoms with Crippen LogP contribution in [0.1, 0.15) is 26.5 Å². The van der Waals surface area contributed by atoms with Crippen molar-refractivity contribution in [2.75, 3.05) is 6.54 Å². The normalized spacial score (nSPS) is 19.0. The molecule has 174 valence electrons. The van der Waals surface area contributed by atoms with Crippen molar-refractivity contribution in [2.45, 2.75) is 45.8 Å². The van der Waals surface area contributed by atoms with Gasteiger partial charge in [-0.2, -0.15) is 9.82 Å². The summed E-state index contributed by atoms with van der Waals surface area (Å²) in [4.78, 5) is 37.8. The second-order valence-corrected chi connectivity index (χ2v) is 9.56. The van der Waals surface area contributed by atoms with Gasteiger partial charge in [0.25, 0.3) is 5.91 Å². The number of Topliss-reactive ketones (excluding diaryl/α,β-unsaturated/α-hetero) is 1. The van der Waals surface area contributed by atoms with Crippen molar-refractivity contribution in [3.8, 4) is 0 Å². The fourth-order valence-electron chi connectivity index (χ4n) is 3.05. The standard InChI is InChI=1S/C21H29N5O5S/c1-5-6-7-8-15(4)32(30,31)25-18(14(2)3)20(28)24-17-13-16-9-10-23-26(16)12-11-22-21(29)19(17)27/h5-10,14,17-18,25H,1,11-13H2,2-4H3,(H,22,29)(H,24,28)/b7-6-,15-8+. The number of aromatic nitrogens is 2. The number of carbonyl (C=O) groups is 3. The zero-order valence-electron chi connectivity index (χ0n) is 18.4. The lowest BCUT2D eigenvalue weighted by atomic mass is 10.0. The Morgan fingerprint density at radius 1 is 1.34 bits per heavy atom. The summed E-state index contributed by atoms with van der Waals surface area (Å²) in [7, 11) is -3.97. The molecule has 0 spiro atoms. The van der Waals surface area contributed by atoms with Gasteiger partial charge in [-0.15, -0.1) is 0 Å².